The second kappa shape index (κ2) is 5.78. The lowest BCUT2D eigenvalue weighted by Crippen LogP contribution is -2.14. The quantitative estimate of drug-likeness (QED) is 0.897. The fourth-order valence-electron chi connectivity index (χ4n) is 3.36. The highest BCUT2D eigenvalue weighted by atomic mass is 14.5. The van der Waals surface area contributed by atoms with Gasteiger partial charge in [0.2, 0.25) is 0 Å². The molecule has 0 radical (unpaired) electrons. The molecule has 0 amide bonds. The highest BCUT2D eigenvalue weighted by Gasteiger charge is 2.23. The molecule has 0 aromatic heterocycles. The summed E-state index contributed by atoms with van der Waals surface area (Å²) in [6.07, 6.45) is 3.65. The van der Waals surface area contributed by atoms with Crippen LogP contribution in [0.15, 0.2) is 42.5 Å². The molecule has 2 nitrogen and oxygen atoms in total. The molecule has 1 aliphatic rings. The summed E-state index contributed by atoms with van der Waals surface area (Å²) < 4.78 is 0. The Morgan fingerprint density at radius 2 is 1.80 bits per heavy atom. The van der Waals surface area contributed by atoms with Crippen LogP contribution in [0.2, 0.25) is 0 Å². The van der Waals surface area contributed by atoms with Crippen molar-refractivity contribution in [1.82, 2.24) is 0 Å². The predicted molar refractivity (Wildman–Crippen MR) is 83.4 cm³/mol. The van der Waals surface area contributed by atoms with E-state index in [0.717, 1.165) is 0 Å². The minimum absolute atomic E-state index is 0.477. The van der Waals surface area contributed by atoms with Gasteiger partial charge in [0, 0.05) is 19.0 Å². The molecular formula is C18H22N2. The second-order valence-electron chi connectivity index (χ2n) is 5.59. The number of benzene rings is 2. The fourth-order valence-corrected chi connectivity index (χ4v) is 3.36. The van der Waals surface area contributed by atoms with E-state index in [2.05, 4.69) is 42.5 Å². The van der Waals surface area contributed by atoms with Crippen molar-refractivity contribution < 1.29 is 0 Å². The molecule has 0 fully saturated rings. The molecule has 3 rings (SSSR count). The van der Waals surface area contributed by atoms with Crippen LogP contribution in [0.5, 0.6) is 0 Å². The molecule has 104 valence electrons. The van der Waals surface area contributed by atoms with Gasteiger partial charge in [0.25, 0.3) is 0 Å². The number of aryl methyl sites for hydroxylation is 1. The monoisotopic (exact) mass is 266 g/mol. The summed E-state index contributed by atoms with van der Waals surface area (Å²) in [6, 6.07) is 15.3. The van der Waals surface area contributed by atoms with E-state index in [1.807, 2.05) is 0 Å². The van der Waals surface area contributed by atoms with Crippen molar-refractivity contribution in [2.75, 3.05) is 0 Å². The summed E-state index contributed by atoms with van der Waals surface area (Å²) >= 11 is 0. The van der Waals surface area contributed by atoms with E-state index in [0.29, 0.717) is 19.0 Å². The Labute approximate surface area is 120 Å². The van der Waals surface area contributed by atoms with E-state index >= 15 is 0 Å². The number of rotatable bonds is 3. The number of hydrogen-bond acceptors (Lipinski definition) is 2. The summed E-state index contributed by atoms with van der Waals surface area (Å²) in [4.78, 5) is 0. The van der Waals surface area contributed by atoms with Crippen molar-refractivity contribution in [3.63, 3.8) is 0 Å². The van der Waals surface area contributed by atoms with Gasteiger partial charge in [-0.1, -0.05) is 42.5 Å². The topological polar surface area (TPSA) is 52.0 Å². The summed E-state index contributed by atoms with van der Waals surface area (Å²) in [5, 5.41) is 0. The van der Waals surface area contributed by atoms with Gasteiger partial charge >= 0.3 is 0 Å². The minimum atomic E-state index is 0.477. The average Bonchev–Trinajstić information content (AvgIpc) is 2.53. The van der Waals surface area contributed by atoms with Crippen LogP contribution >= 0.6 is 0 Å². The number of hydrogen-bond donors (Lipinski definition) is 2. The summed E-state index contributed by atoms with van der Waals surface area (Å²) in [5.74, 6) is 0.477. The summed E-state index contributed by atoms with van der Waals surface area (Å²) in [5.41, 5.74) is 18.5. The first kappa shape index (κ1) is 13.3. The van der Waals surface area contributed by atoms with E-state index in [1.54, 1.807) is 0 Å². The van der Waals surface area contributed by atoms with Crippen LogP contribution in [0, 0.1) is 0 Å². The highest BCUT2D eigenvalue weighted by Crippen LogP contribution is 2.38. The number of nitrogens with two attached hydrogens (primary N) is 2. The van der Waals surface area contributed by atoms with Crippen LogP contribution in [0.25, 0.3) is 0 Å². The van der Waals surface area contributed by atoms with Crippen molar-refractivity contribution >= 4 is 0 Å². The van der Waals surface area contributed by atoms with Crippen LogP contribution in [-0.4, -0.2) is 0 Å². The number of fused-ring (bicyclic) bond motifs is 1. The molecule has 1 atom stereocenters. The molecule has 0 bridgehead atoms. The lowest BCUT2D eigenvalue weighted by Gasteiger charge is -2.28. The highest BCUT2D eigenvalue weighted by molar-refractivity contribution is 5.44. The molecule has 0 heterocycles. The molecule has 2 aromatic carbocycles. The van der Waals surface area contributed by atoms with Gasteiger partial charge in [-0.15, -0.1) is 0 Å². The van der Waals surface area contributed by atoms with Gasteiger partial charge in [-0.3, -0.25) is 0 Å². The molecular weight excluding hydrogens is 244 g/mol. The van der Waals surface area contributed by atoms with Crippen molar-refractivity contribution in [1.29, 1.82) is 0 Å². The maximum Gasteiger partial charge on any atom is 0.0181 e. The lowest BCUT2D eigenvalue weighted by atomic mass is 9.77. The third kappa shape index (κ3) is 2.37. The predicted octanol–water partition coefficient (Wildman–Crippen LogP) is 3.07. The first-order valence-corrected chi connectivity index (χ1v) is 7.43. The lowest BCUT2D eigenvalue weighted by molar-refractivity contribution is 0.611. The zero-order chi connectivity index (χ0) is 13.9. The van der Waals surface area contributed by atoms with Gasteiger partial charge in [0.1, 0.15) is 0 Å². The van der Waals surface area contributed by atoms with Crippen molar-refractivity contribution in [3.05, 3.63) is 70.3 Å². The molecule has 0 spiro atoms. The van der Waals surface area contributed by atoms with Crippen molar-refractivity contribution in [2.24, 2.45) is 11.5 Å². The van der Waals surface area contributed by atoms with E-state index in [-0.39, 0.29) is 0 Å². The maximum absolute atomic E-state index is 5.94. The zero-order valence-electron chi connectivity index (χ0n) is 11.8. The minimum Gasteiger partial charge on any atom is -0.326 e. The third-order valence-electron chi connectivity index (χ3n) is 4.41. The Morgan fingerprint density at radius 1 is 0.950 bits per heavy atom. The van der Waals surface area contributed by atoms with Crippen molar-refractivity contribution in [2.45, 2.75) is 38.3 Å². The Kier molecular flexibility index (Phi) is 3.86. The summed E-state index contributed by atoms with van der Waals surface area (Å²) in [7, 11) is 0. The van der Waals surface area contributed by atoms with Crippen LogP contribution < -0.4 is 11.5 Å². The largest absolute Gasteiger partial charge is 0.326 e. The van der Waals surface area contributed by atoms with Crippen LogP contribution in [0.3, 0.4) is 0 Å². The molecule has 1 unspecified atom stereocenters. The molecule has 0 saturated heterocycles. The Hall–Kier alpha value is -1.64. The molecule has 2 heteroatoms. The molecule has 20 heavy (non-hydrogen) atoms. The standard InChI is InChI=1S/C18H22N2/c19-11-13-8-9-15(12-20)18(10-13)17-7-3-5-14-4-1-2-6-16(14)17/h1-2,4,6,8-10,17H,3,5,7,11-12,19-20H2. The van der Waals surface area contributed by atoms with Gasteiger partial charge < -0.3 is 11.5 Å². The van der Waals surface area contributed by atoms with E-state index in [1.165, 1.54) is 47.1 Å². The molecule has 0 saturated carbocycles. The first-order valence-electron chi connectivity index (χ1n) is 7.43. The smallest absolute Gasteiger partial charge is 0.0181 e. The van der Waals surface area contributed by atoms with E-state index in [9.17, 15) is 0 Å². The second-order valence-corrected chi connectivity index (χ2v) is 5.59. The van der Waals surface area contributed by atoms with Gasteiger partial charge in [0.05, 0.1) is 0 Å². The van der Waals surface area contributed by atoms with Crippen molar-refractivity contribution in [3.8, 4) is 0 Å². The fraction of sp³-hybridized carbons (Fsp3) is 0.333. The maximum atomic E-state index is 5.94. The Bertz CT molecular complexity index is 604. The van der Waals surface area contributed by atoms with Gasteiger partial charge in [0.15, 0.2) is 0 Å². The van der Waals surface area contributed by atoms with Crippen LogP contribution in [0.4, 0.5) is 0 Å². The van der Waals surface area contributed by atoms with Crippen LogP contribution in [-0.2, 0) is 19.5 Å². The molecule has 1 aliphatic carbocycles. The van der Waals surface area contributed by atoms with E-state index in [4.69, 9.17) is 11.5 Å². The molecule has 0 aliphatic heterocycles. The Balaban J connectivity index is 2.09. The third-order valence-corrected chi connectivity index (χ3v) is 4.41. The summed E-state index contributed by atoms with van der Waals surface area (Å²) in [6.45, 7) is 1.19. The SMILES string of the molecule is NCc1ccc(CN)c(C2CCCc3ccccc32)c1. The first-order chi connectivity index (χ1) is 9.83. The average molecular weight is 266 g/mol. The Morgan fingerprint density at radius 3 is 2.60 bits per heavy atom. The van der Waals surface area contributed by atoms with E-state index < -0.39 is 0 Å². The normalized spacial score (nSPS) is 17.8. The van der Waals surface area contributed by atoms with Crippen LogP contribution in [0.1, 0.15) is 46.6 Å². The van der Waals surface area contributed by atoms with Gasteiger partial charge in [-0.2, -0.15) is 0 Å². The van der Waals surface area contributed by atoms with Gasteiger partial charge in [-0.25, -0.2) is 0 Å². The molecule has 4 N–H and O–H groups in total. The zero-order valence-corrected chi connectivity index (χ0v) is 11.8. The molecule has 2 aromatic rings. The van der Waals surface area contributed by atoms with Gasteiger partial charge in [-0.05, 0) is 47.1 Å².